The Labute approximate surface area is 127 Å². The van der Waals surface area contributed by atoms with Crippen LogP contribution in [0.25, 0.3) is 6.08 Å². The fourth-order valence-electron chi connectivity index (χ4n) is 1.68. The van der Waals surface area contributed by atoms with E-state index in [2.05, 4.69) is 5.32 Å². The highest BCUT2D eigenvalue weighted by Gasteiger charge is 2.26. The molecule has 1 N–H and O–H groups in total. The van der Waals surface area contributed by atoms with Crippen LogP contribution in [0.3, 0.4) is 0 Å². The Morgan fingerprint density at radius 3 is 2.85 bits per heavy atom. The second-order valence-corrected chi connectivity index (χ2v) is 6.67. The third-order valence-corrected chi connectivity index (χ3v) is 4.93. The molecule has 102 valence electrons. The second kappa shape index (κ2) is 7.22. The van der Waals surface area contributed by atoms with Gasteiger partial charge in [0.1, 0.15) is 11.6 Å². The SMILES string of the molecule is CCSC1=C(C#N)C(=O)N[C@@H](/C=C/c2ccccc2)S1. The van der Waals surface area contributed by atoms with Gasteiger partial charge in [0, 0.05) is 0 Å². The summed E-state index contributed by atoms with van der Waals surface area (Å²) in [5, 5.41) is 11.7. The first-order valence-electron chi connectivity index (χ1n) is 6.22. The highest BCUT2D eigenvalue weighted by Crippen LogP contribution is 2.37. The monoisotopic (exact) mass is 302 g/mol. The Morgan fingerprint density at radius 1 is 1.45 bits per heavy atom. The van der Waals surface area contributed by atoms with Crippen LogP contribution in [0.1, 0.15) is 12.5 Å². The van der Waals surface area contributed by atoms with Crippen molar-refractivity contribution in [2.45, 2.75) is 12.3 Å². The summed E-state index contributed by atoms with van der Waals surface area (Å²) in [5.41, 5.74) is 1.31. The molecule has 0 aliphatic carbocycles. The van der Waals surface area contributed by atoms with E-state index < -0.39 is 0 Å². The number of benzene rings is 1. The van der Waals surface area contributed by atoms with Crippen LogP contribution in [0.2, 0.25) is 0 Å². The Morgan fingerprint density at radius 2 is 2.20 bits per heavy atom. The first-order chi connectivity index (χ1) is 9.74. The van der Waals surface area contributed by atoms with Gasteiger partial charge < -0.3 is 5.32 Å². The van der Waals surface area contributed by atoms with Gasteiger partial charge in [-0.2, -0.15) is 5.26 Å². The summed E-state index contributed by atoms with van der Waals surface area (Å²) >= 11 is 3.05. The van der Waals surface area contributed by atoms with E-state index in [-0.39, 0.29) is 16.9 Å². The van der Waals surface area contributed by atoms with Gasteiger partial charge in [0.2, 0.25) is 0 Å². The standard InChI is InChI=1S/C15H14N2OS2/c1-2-19-15-12(10-16)14(18)17-13(20-15)9-8-11-6-4-3-5-7-11/h3-9,13H,2H2,1H3,(H,17,18)/b9-8+/t13-/m1/s1. The molecular weight excluding hydrogens is 288 g/mol. The van der Waals surface area contributed by atoms with Gasteiger partial charge >= 0.3 is 0 Å². The number of nitriles is 1. The zero-order valence-electron chi connectivity index (χ0n) is 11.0. The predicted molar refractivity (Wildman–Crippen MR) is 85.8 cm³/mol. The molecule has 0 saturated heterocycles. The molecular formula is C15H14N2OS2. The smallest absolute Gasteiger partial charge is 0.264 e. The highest BCUT2D eigenvalue weighted by atomic mass is 32.2. The van der Waals surface area contributed by atoms with Gasteiger partial charge in [0.05, 0.1) is 9.61 Å². The number of hydrogen-bond acceptors (Lipinski definition) is 4. The van der Waals surface area contributed by atoms with Crippen molar-refractivity contribution in [1.29, 1.82) is 5.26 Å². The molecule has 20 heavy (non-hydrogen) atoms. The van der Waals surface area contributed by atoms with E-state index in [9.17, 15) is 4.79 Å². The number of carbonyl (C=O) groups is 1. The summed E-state index contributed by atoms with van der Waals surface area (Å²) in [7, 11) is 0. The lowest BCUT2D eigenvalue weighted by Crippen LogP contribution is -2.35. The molecule has 0 unspecified atom stereocenters. The lowest BCUT2D eigenvalue weighted by Gasteiger charge is -2.22. The van der Waals surface area contributed by atoms with E-state index in [1.54, 1.807) is 0 Å². The first-order valence-corrected chi connectivity index (χ1v) is 8.09. The normalized spacial score (nSPS) is 19.0. The van der Waals surface area contributed by atoms with E-state index in [1.807, 2.05) is 55.5 Å². The first kappa shape index (κ1) is 14.8. The van der Waals surface area contributed by atoms with Crippen molar-refractivity contribution in [3.8, 4) is 6.07 Å². The van der Waals surface area contributed by atoms with Crippen molar-refractivity contribution in [2.75, 3.05) is 5.75 Å². The van der Waals surface area contributed by atoms with Gasteiger partial charge in [-0.15, -0.1) is 11.8 Å². The van der Waals surface area contributed by atoms with Gasteiger partial charge in [-0.1, -0.05) is 61.2 Å². The molecule has 1 heterocycles. The summed E-state index contributed by atoms with van der Waals surface area (Å²) in [6.45, 7) is 2.01. The van der Waals surface area contributed by atoms with Crippen molar-refractivity contribution in [3.63, 3.8) is 0 Å². The maximum absolute atomic E-state index is 11.9. The maximum atomic E-state index is 11.9. The predicted octanol–water partition coefficient (Wildman–Crippen LogP) is 3.38. The Balaban J connectivity index is 2.13. The fourth-order valence-corrected chi connectivity index (χ4v) is 3.97. The number of nitrogens with one attached hydrogen (secondary N) is 1. The van der Waals surface area contributed by atoms with E-state index >= 15 is 0 Å². The molecule has 0 aromatic heterocycles. The molecule has 0 radical (unpaired) electrons. The second-order valence-electron chi connectivity index (χ2n) is 3.99. The molecule has 0 fully saturated rings. The zero-order chi connectivity index (χ0) is 14.4. The van der Waals surface area contributed by atoms with E-state index in [0.29, 0.717) is 0 Å². The average molecular weight is 302 g/mol. The minimum Gasteiger partial charge on any atom is -0.336 e. The number of thioether (sulfide) groups is 2. The van der Waals surface area contributed by atoms with Gasteiger partial charge in [-0.25, -0.2) is 0 Å². The van der Waals surface area contributed by atoms with Gasteiger partial charge in [0.25, 0.3) is 5.91 Å². The highest BCUT2D eigenvalue weighted by molar-refractivity contribution is 8.22. The van der Waals surface area contributed by atoms with Crippen LogP contribution >= 0.6 is 23.5 Å². The molecule has 1 aliphatic heterocycles. The molecule has 5 heteroatoms. The Kier molecular flexibility index (Phi) is 5.33. The van der Waals surface area contributed by atoms with Crippen LogP contribution in [-0.2, 0) is 4.79 Å². The topological polar surface area (TPSA) is 52.9 Å². The molecule has 1 atom stereocenters. The molecule has 1 aromatic rings. The van der Waals surface area contributed by atoms with Crippen molar-refractivity contribution < 1.29 is 4.79 Å². The van der Waals surface area contributed by atoms with Crippen LogP contribution in [0.5, 0.6) is 0 Å². The number of amides is 1. The van der Waals surface area contributed by atoms with Crippen molar-refractivity contribution in [3.05, 3.63) is 51.8 Å². The maximum Gasteiger partial charge on any atom is 0.264 e. The van der Waals surface area contributed by atoms with Crippen molar-refractivity contribution >= 4 is 35.5 Å². The van der Waals surface area contributed by atoms with Crippen LogP contribution in [0, 0.1) is 11.3 Å². The summed E-state index contributed by atoms with van der Waals surface area (Å²) < 4.78 is 0.807. The molecule has 0 saturated carbocycles. The minimum absolute atomic E-state index is 0.131. The van der Waals surface area contributed by atoms with Crippen LogP contribution in [0.15, 0.2) is 46.2 Å². The third-order valence-electron chi connectivity index (χ3n) is 2.59. The summed E-state index contributed by atoms with van der Waals surface area (Å²) in [5.74, 6) is 0.556. The Hall–Kier alpha value is -1.64. The summed E-state index contributed by atoms with van der Waals surface area (Å²) in [6.07, 6.45) is 3.92. The van der Waals surface area contributed by atoms with E-state index in [4.69, 9.17) is 5.26 Å². The largest absolute Gasteiger partial charge is 0.336 e. The molecule has 2 rings (SSSR count). The lowest BCUT2D eigenvalue weighted by molar-refractivity contribution is -0.117. The number of carbonyl (C=O) groups excluding carboxylic acids is 1. The number of rotatable bonds is 4. The average Bonchev–Trinajstić information content (AvgIpc) is 2.46. The Bertz CT molecular complexity index is 588. The fraction of sp³-hybridized carbons (Fsp3) is 0.200. The summed E-state index contributed by atoms with van der Waals surface area (Å²) in [6, 6.07) is 11.9. The molecule has 1 amide bonds. The van der Waals surface area contributed by atoms with Crippen LogP contribution < -0.4 is 5.32 Å². The molecule has 1 aromatic carbocycles. The minimum atomic E-state index is -0.287. The van der Waals surface area contributed by atoms with E-state index in [1.165, 1.54) is 23.5 Å². The van der Waals surface area contributed by atoms with E-state index in [0.717, 1.165) is 15.6 Å². The van der Waals surface area contributed by atoms with Gasteiger partial charge in [-0.3, -0.25) is 4.79 Å². The van der Waals surface area contributed by atoms with Crippen LogP contribution in [-0.4, -0.2) is 17.0 Å². The molecule has 1 aliphatic rings. The quantitative estimate of drug-likeness (QED) is 0.926. The molecule has 3 nitrogen and oxygen atoms in total. The van der Waals surface area contributed by atoms with Gasteiger partial charge in [-0.05, 0) is 11.3 Å². The lowest BCUT2D eigenvalue weighted by atomic mass is 10.2. The third kappa shape index (κ3) is 3.69. The molecule has 0 bridgehead atoms. The van der Waals surface area contributed by atoms with Crippen molar-refractivity contribution in [1.82, 2.24) is 5.32 Å². The van der Waals surface area contributed by atoms with Gasteiger partial charge in [0.15, 0.2) is 0 Å². The van der Waals surface area contributed by atoms with Crippen molar-refractivity contribution in [2.24, 2.45) is 0 Å². The number of hydrogen-bond donors (Lipinski definition) is 1. The molecule has 0 spiro atoms. The zero-order valence-corrected chi connectivity index (χ0v) is 12.6. The van der Waals surface area contributed by atoms with Crippen LogP contribution in [0.4, 0.5) is 0 Å². The number of nitrogens with zero attached hydrogens (tertiary/aromatic N) is 1. The summed E-state index contributed by atoms with van der Waals surface area (Å²) in [4.78, 5) is 11.9.